The first-order valence-corrected chi connectivity index (χ1v) is 12.8. The molecule has 38 heavy (non-hydrogen) atoms. The number of halogens is 2. The maximum atomic E-state index is 15.3. The Kier molecular flexibility index (Phi) is 7.46. The van der Waals surface area contributed by atoms with E-state index < -0.39 is 5.82 Å². The van der Waals surface area contributed by atoms with E-state index in [1.165, 1.54) is 11.0 Å². The molecule has 0 bridgehead atoms. The minimum Gasteiger partial charge on any atom is -0.354 e. The number of carbonyl (C=O) groups excluding carboxylic acids is 2. The molecule has 0 aromatic heterocycles. The molecule has 2 N–H and O–H groups in total. The minimum atomic E-state index is -0.537. The van der Waals surface area contributed by atoms with Gasteiger partial charge in [0.1, 0.15) is 5.82 Å². The molecule has 196 valence electrons. The molecule has 2 heterocycles. The summed E-state index contributed by atoms with van der Waals surface area (Å²) in [6, 6.07) is 19.2. The molecule has 1 fully saturated rings. The highest BCUT2D eigenvalue weighted by Gasteiger charge is 2.29. The summed E-state index contributed by atoms with van der Waals surface area (Å²) in [6.07, 6.45) is 0. The summed E-state index contributed by atoms with van der Waals surface area (Å²) < 4.78 is 15.3. The van der Waals surface area contributed by atoms with Crippen molar-refractivity contribution >= 4 is 51.7 Å². The lowest BCUT2D eigenvalue weighted by Crippen LogP contribution is -2.48. The monoisotopic (exact) mass is 533 g/mol. The van der Waals surface area contributed by atoms with E-state index in [0.29, 0.717) is 33.2 Å². The molecule has 2 amide bonds. The second kappa shape index (κ2) is 10.9. The van der Waals surface area contributed by atoms with Gasteiger partial charge in [0.05, 0.1) is 29.2 Å². The number of nitrogens with zero attached hydrogens (tertiary/aromatic N) is 3. The molecule has 0 spiro atoms. The fourth-order valence-corrected chi connectivity index (χ4v) is 4.89. The van der Waals surface area contributed by atoms with Gasteiger partial charge in [0.15, 0.2) is 0 Å². The lowest BCUT2D eigenvalue weighted by molar-refractivity contribution is -0.119. The lowest BCUT2D eigenvalue weighted by atomic mass is 10.00. The molecular formula is C29H29ClFN5O2. The highest BCUT2D eigenvalue weighted by molar-refractivity contribution is 6.38. The van der Waals surface area contributed by atoms with Gasteiger partial charge in [0.25, 0.3) is 5.91 Å². The number of amides is 2. The average molecular weight is 534 g/mol. The van der Waals surface area contributed by atoms with Gasteiger partial charge >= 0.3 is 0 Å². The number of rotatable bonds is 6. The van der Waals surface area contributed by atoms with Crippen molar-refractivity contribution in [3.05, 3.63) is 88.7 Å². The predicted molar refractivity (Wildman–Crippen MR) is 151 cm³/mol. The van der Waals surface area contributed by atoms with Crippen LogP contribution in [0, 0.1) is 5.82 Å². The Balaban J connectivity index is 1.42. The van der Waals surface area contributed by atoms with E-state index in [-0.39, 0.29) is 24.0 Å². The van der Waals surface area contributed by atoms with Gasteiger partial charge in [0, 0.05) is 49.5 Å². The maximum Gasteiger partial charge on any atom is 0.258 e. The summed E-state index contributed by atoms with van der Waals surface area (Å²) in [6.45, 7) is 3.66. The molecule has 3 aromatic carbocycles. The molecular weight excluding hydrogens is 505 g/mol. The minimum absolute atomic E-state index is 0.167. The Morgan fingerprint density at radius 3 is 2.50 bits per heavy atom. The number of hydrogen-bond donors (Lipinski definition) is 2. The van der Waals surface area contributed by atoms with Crippen LogP contribution in [0.5, 0.6) is 0 Å². The van der Waals surface area contributed by atoms with Crippen molar-refractivity contribution < 1.29 is 14.0 Å². The Labute approximate surface area is 226 Å². The van der Waals surface area contributed by atoms with Gasteiger partial charge in [-0.25, -0.2) is 4.39 Å². The number of piperazine rings is 1. The summed E-state index contributed by atoms with van der Waals surface area (Å²) in [7, 11) is 3.65. The summed E-state index contributed by atoms with van der Waals surface area (Å²) in [5.74, 6) is -0.983. The zero-order chi connectivity index (χ0) is 26.8. The van der Waals surface area contributed by atoms with Crippen LogP contribution in [0.1, 0.15) is 11.1 Å². The first kappa shape index (κ1) is 25.9. The smallest absolute Gasteiger partial charge is 0.258 e. The quantitative estimate of drug-likeness (QED) is 0.453. The van der Waals surface area contributed by atoms with Crippen molar-refractivity contribution in [3.8, 4) is 0 Å². The van der Waals surface area contributed by atoms with Crippen LogP contribution in [-0.4, -0.2) is 68.4 Å². The average Bonchev–Trinajstić information content (AvgIpc) is 3.23. The molecule has 9 heteroatoms. The summed E-state index contributed by atoms with van der Waals surface area (Å²) >= 11 is 6.13. The van der Waals surface area contributed by atoms with E-state index in [2.05, 4.69) is 27.5 Å². The standard InChI is InChI=1S/C29H29ClFN5O2/c1-34-12-14-36(15-13-34)18-26(37)35(2)25-11-9-21(17-23(25)31)32-28(19-6-4-3-5-7-19)27-22-10-8-20(30)16-24(22)33-29(27)38/h3-11,16-17,32H,12-15,18H2,1-2H3,(H,33,38)/b28-27-. The predicted octanol–water partition coefficient (Wildman–Crippen LogP) is 4.62. The molecule has 0 aliphatic carbocycles. The van der Waals surface area contributed by atoms with Gasteiger partial charge < -0.3 is 20.4 Å². The second-order valence-corrected chi connectivity index (χ2v) is 10.0. The van der Waals surface area contributed by atoms with Crippen LogP contribution in [0.2, 0.25) is 5.02 Å². The second-order valence-electron chi connectivity index (χ2n) is 9.58. The van der Waals surface area contributed by atoms with Crippen LogP contribution >= 0.6 is 11.6 Å². The third kappa shape index (κ3) is 5.43. The Bertz CT molecular complexity index is 1400. The van der Waals surface area contributed by atoms with Gasteiger partial charge in [-0.1, -0.05) is 48.0 Å². The number of carbonyl (C=O) groups is 2. The van der Waals surface area contributed by atoms with Crippen LogP contribution in [0.15, 0.2) is 66.7 Å². The summed E-state index contributed by atoms with van der Waals surface area (Å²) in [5.41, 5.74) is 3.72. The molecule has 0 saturated carbocycles. The fourth-order valence-electron chi connectivity index (χ4n) is 4.72. The first-order chi connectivity index (χ1) is 18.3. The van der Waals surface area contributed by atoms with Crippen LogP contribution in [-0.2, 0) is 9.59 Å². The van der Waals surface area contributed by atoms with Crippen LogP contribution in [0.3, 0.4) is 0 Å². The molecule has 5 rings (SSSR count). The molecule has 3 aromatic rings. The third-order valence-corrected chi connectivity index (χ3v) is 7.18. The topological polar surface area (TPSA) is 67.9 Å². The number of anilines is 3. The van der Waals surface area contributed by atoms with Gasteiger partial charge in [-0.05, 0) is 42.9 Å². The fraction of sp³-hybridized carbons (Fsp3) is 0.241. The largest absolute Gasteiger partial charge is 0.354 e. The van der Waals surface area contributed by atoms with Gasteiger partial charge in [-0.15, -0.1) is 0 Å². The van der Waals surface area contributed by atoms with Crippen LogP contribution in [0.4, 0.5) is 21.5 Å². The van der Waals surface area contributed by atoms with E-state index in [1.54, 1.807) is 37.4 Å². The summed E-state index contributed by atoms with van der Waals surface area (Å²) in [5, 5.41) is 6.64. The molecule has 2 aliphatic rings. The van der Waals surface area contributed by atoms with Gasteiger partial charge in [0.2, 0.25) is 5.91 Å². The zero-order valence-electron chi connectivity index (χ0n) is 21.3. The van der Waals surface area contributed by atoms with Crippen molar-refractivity contribution in [2.24, 2.45) is 0 Å². The van der Waals surface area contributed by atoms with Crippen LogP contribution < -0.4 is 15.5 Å². The third-order valence-electron chi connectivity index (χ3n) is 6.95. The van der Waals surface area contributed by atoms with Crippen molar-refractivity contribution in [1.82, 2.24) is 9.80 Å². The van der Waals surface area contributed by atoms with Gasteiger partial charge in [-0.2, -0.15) is 0 Å². The molecule has 0 unspecified atom stereocenters. The zero-order valence-corrected chi connectivity index (χ0v) is 22.1. The Morgan fingerprint density at radius 2 is 1.79 bits per heavy atom. The Hall–Kier alpha value is -3.72. The number of fused-ring (bicyclic) bond motifs is 1. The first-order valence-electron chi connectivity index (χ1n) is 12.4. The normalized spacial score (nSPS) is 17.1. The van der Waals surface area contributed by atoms with E-state index in [9.17, 15) is 9.59 Å². The van der Waals surface area contributed by atoms with Crippen molar-refractivity contribution in [1.29, 1.82) is 0 Å². The molecule has 2 aliphatic heterocycles. The molecule has 1 saturated heterocycles. The number of benzene rings is 3. The van der Waals surface area contributed by atoms with Crippen molar-refractivity contribution in [2.75, 3.05) is 62.4 Å². The van der Waals surface area contributed by atoms with E-state index in [4.69, 9.17) is 11.6 Å². The Morgan fingerprint density at radius 1 is 1.05 bits per heavy atom. The molecule has 7 nitrogen and oxygen atoms in total. The highest BCUT2D eigenvalue weighted by atomic mass is 35.5. The van der Waals surface area contributed by atoms with Gasteiger partial charge in [-0.3, -0.25) is 14.5 Å². The van der Waals surface area contributed by atoms with Crippen LogP contribution in [0.25, 0.3) is 11.3 Å². The maximum absolute atomic E-state index is 15.3. The number of likely N-dealkylation sites (N-methyl/N-ethyl adjacent to an activating group) is 2. The number of hydrogen-bond acceptors (Lipinski definition) is 5. The molecule has 0 radical (unpaired) electrons. The SMILES string of the molecule is CN1CCN(CC(=O)N(C)c2ccc(N/C(=C3\C(=O)Nc4cc(Cl)ccc43)c3ccccc3)cc2F)CC1. The van der Waals surface area contributed by atoms with E-state index in [0.717, 1.165) is 31.7 Å². The van der Waals surface area contributed by atoms with Crippen molar-refractivity contribution in [3.63, 3.8) is 0 Å². The van der Waals surface area contributed by atoms with Crippen molar-refractivity contribution in [2.45, 2.75) is 0 Å². The number of nitrogens with one attached hydrogen (secondary N) is 2. The molecule has 0 atom stereocenters. The summed E-state index contributed by atoms with van der Waals surface area (Å²) in [4.78, 5) is 31.6. The van der Waals surface area contributed by atoms with E-state index >= 15 is 4.39 Å². The van der Waals surface area contributed by atoms with E-state index in [1.807, 2.05) is 30.3 Å². The highest BCUT2D eigenvalue weighted by Crippen LogP contribution is 2.39. The lowest BCUT2D eigenvalue weighted by Gasteiger charge is -2.32.